The molecule has 3 rings (SSSR count). The summed E-state index contributed by atoms with van der Waals surface area (Å²) in [5, 5.41) is 0.351. The summed E-state index contributed by atoms with van der Waals surface area (Å²) in [4.78, 5) is 20.6. The third-order valence-electron chi connectivity index (χ3n) is 3.62. The van der Waals surface area contributed by atoms with Crippen molar-refractivity contribution in [3.8, 4) is 0 Å². The number of aromatic nitrogens is 1. The quantitative estimate of drug-likeness (QED) is 0.800. The lowest BCUT2D eigenvalue weighted by molar-refractivity contribution is 0.0741. The maximum absolute atomic E-state index is 12.4. The highest BCUT2D eigenvalue weighted by Crippen LogP contribution is 2.16. The smallest absolute Gasteiger partial charge is 0.272 e. The monoisotopic (exact) mass is 301 g/mol. The number of anilines is 1. The van der Waals surface area contributed by atoms with Gasteiger partial charge >= 0.3 is 0 Å². The molecule has 5 heteroatoms. The topological polar surface area (TPSA) is 36.4 Å². The van der Waals surface area contributed by atoms with E-state index in [1.54, 1.807) is 18.2 Å². The zero-order valence-corrected chi connectivity index (χ0v) is 12.3. The Balaban J connectivity index is 1.64. The van der Waals surface area contributed by atoms with Crippen LogP contribution in [0.15, 0.2) is 48.5 Å². The van der Waals surface area contributed by atoms with E-state index in [0.29, 0.717) is 23.9 Å². The van der Waals surface area contributed by atoms with Gasteiger partial charge in [0, 0.05) is 31.9 Å². The summed E-state index contributed by atoms with van der Waals surface area (Å²) in [5.41, 5.74) is 1.61. The van der Waals surface area contributed by atoms with E-state index in [4.69, 9.17) is 11.6 Å². The van der Waals surface area contributed by atoms with E-state index in [0.717, 1.165) is 13.1 Å². The number of amides is 1. The summed E-state index contributed by atoms with van der Waals surface area (Å²) in [6.07, 6.45) is 0. The van der Waals surface area contributed by atoms with E-state index in [9.17, 15) is 4.79 Å². The number of benzene rings is 1. The largest absolute Gasteiger partial charge is 0.368 e. The predicted molar refractivity (Wildman–Crippen MR) is 83.8 cm³/mol. The van der Waals surface area contributed by atoms with Crippen LogP contribution in [0.25, 0.3) is 0 Å². The van der Waals surface area contributed by atoms with Crippen LogP contribution < -0.4 is 4.90 Å². The first kappa shape index (κ1) is 13.9. The number of hydrogen-bond donors (Lipinski definition) is 0. The molecular formula is C16H16ClN3O. The third kappa shape index (κ3) is 3.16. The fourth-order valence-electron chi connectivity index (χ4n) is 2.50. The van der Waals surface area contributed by atoms with E-state index >= 15 is 0 Å². The van der Waals surface area contributed by atoms with E-state index in [1.165, 1.54) is 5.69 Å². The third-order valence-corrected chi connectivity index (χ3v) is 3.83. The predicted octanol–water partition coefficient (Wildman–Crippen LogP) is 2.70. The average molecular weight is 302 g/mol. The van der Waals surface area contributed by atoms with Gasteiger partial charge in [-0.3, -0.25) is 4.79 Å². The fourth-order valence-corrected chi connectivity index (χ4v) is 2.66. The van der Waals surface area contributed by atoms with Crippen LogP contribution in [0.1, 0.15) is 10.5 Å². The minimum absolute atomic E-state index is 0.0507. The number of halogens is 1. The van der Waals surface area contributed by atoms with Crippen LogP contribution in [0.2, 0.25) is 5.15 Å². The second-order valence-electron chi connectivity index (χ2n) is 4.96. The zero-order valence-electron chi connectivity index (χ0n) is 11.6. The number of pyridine rings is 1. The molecule has 0 radical (unpaired) electrons. The minimum atomic E-state index is -0.0507. The molecule has 21 heavy (non-hydrogen) atoms. The van der Waals surface area contributed by atoms with E-state index < -0.39 is 0 Å². The summed E-state index contributed by atoms with van der Waals surface area (Å²) in [7, 11) is 0. The molecule has 4 nitrogen and oxygen atoms in total. The van der Waals surface area contributed by atoms with Gasteiger partial charge in [0.05, 0.1) is 0 Å². The molecule has 1 aliphatic rings. The highest BCUT2D eigenvalue weighted by Gasteiger charge is 2.23. The summed E-state index contributed by atoms with van der Waals surface area (Å²) in [6.45, 7) is 3.05. The molecule has 2 heterocycles. The van der Waals surface area contributed by atoms with Gasteiger partial charge in [-0.25, -0.2) is 4.98 Å². The van der Waals surface area contributed by atoms with Gasteiger partial charge in [0.15, 0.2) is 0 Å². The van der Waals surface area contributed by atoms with E-state index in [-0.39, 0.29) is 5.91 Å². The summed E-state index contributed by atoms with van der Waals surface area (Å²) >= 11 is 5.84. The SMILES string of the molecule is O=C(c1cccc(Cl)n1)N1CCN(c2ccccc2)CC1. The van der Waals surface area contributed by atoms with Crippen LogP contribution in [0.4, 0.5) is 5.69 Å². The highest BCUT2D eigenvalue weighted by atomic mass is 35.5. The first-order chi connectivity index (χ1) is 10.2. The Hall–Kier alpha value is -2.07. The Labute approximate surface area is 129 Å². The van der Waals surface area contributed by atoms with Gasteiger partial charge in [0.1, 0.15) is 10.8 Å². The standard InChI is InChI=1S/C16H16ClN3O/c17-15-8-4-7-14(18-15)16(21)20-11-9-19(10-12-20)13-5-2-1-3-6-13/h1-8H,9-12H2. The molecule has 2 aromatic rings. The molecule has 0 bridgehead atoms. The van der Waals surface area contributed by atoms with Gasteiger partial charge in [-0.15, -0.1) is 0 Å². The van der Waals surface area contributed by atoms with Crippen LogP contribution in [0.3, 0.4) is 0 Å². The Morgan fingerprint density at radius 3 is 2.33 bits per heavy atom. The lowest BCUT2D eigenvalue weighted by Crippen LogP contribution is -2.49. The van der Waals surface area contributed by atoms with Gasteiger partial charge in [-0.2, -0.15) is 0 Å². The molecule has 0 N–H and O–H groups in total. The van der Waals surface area contributed by atoms with Crippen molar-refractivity contribution in [1.29, 1.82) is 0 Å². The summed E-state index contributed by atoms with van der Waals surface area (Å²) in [6, 6.07) is 15.4. The molecule has 0 saturated carbocycles. The number of nitrogens with zero attached hydrogens (tertiary/aromatic N) is 3. The fraction of sp³-hybridized carbons (Fsp3) is 0.250. The molecule has 108 valence electrons. The lowest BCUT2D eigenvalue weighted by atomic mass is 10.2. The zero-order chi connectivity index (χ0) is 14.7. The van der Waals surface area contributed by atoms with Crippen molar-refractivity contribution in [3.05, 3.63) is 59.4 Å². The minimum Gasteiger partial charge on any atom is -0.368 e. The van der Waals surface area contributed by atoms with Gasteiger partial charge in [-0.1, -0.05) is 35.9 Å². The molecule has 0 aliphatic carbocycles. The first-order valence-electron chi connectivity index (χ1n) is 6.96. The van der Waals surface area contributed by atoms with Crippen LogP contribution >= 0.6 is 11.6 Å². The van der Waals surface area contributed by atoms with Crippen LogP contribution in [-0.2, 0) is 0 Å². The van der Waals surface area contributed by atoms with Crippen LogP contribution in [0, 0.1) is 0 Å². The molecule has 1 amide bonds. The molecule has 0 atom stereocenters. The molecule has 1 aliphatic heterocycles. The van der Waals surface area contributed by atoms with E-state index in [2.05, 4.69) is 22.0 Å². The van der Waals surface area contributed by atoms with Crippen LogP contribution in [0.5, 0.6) is 0 Å². The van der Waals surface area contributed by atoms with Gasteiger partial charge < -0.3 is 9.80 Å². The number of carbonyl (C=O) groups excluding carboxylic acids is 1. The van der Waals surface area contributed by atoms with Crippen LogP contribution in [-0.4, -0.2) is 42.0 Å². The maximum atomic E-state index is 12.4. The Morgan fingerprint density at radius 1 is 0.952 bits per heavy atom. The summed E-state index contributed by atoms with van der Waals surface area (Å²) in [5.74, 6) is -0.0507. The normalized spacial score (nSPS) is 15.1. The van der Waals surface area contributed by atoms with Crippen molar-refractivity contribution in [1.82, 2.24) is 9.88 Å². The number of hydrogen-bond acceptors (Lipinski definition) is 3. The molecule has 1 aromatic carbocycles. The van der Waals surface area contributed by atoms with E-state index in [1.807, 2.05) is 23.1 Å². The number of carbonyl (C=O) groups is 1. The van der Waals surface area contributed by atoms with Gasteiger partial charge in [0.25, 0.3) is 5.91 Å². The first-order valence-corrected chi connectivity index (χ1v) is 7.34. The number of rotatable bonds is 2. The van der Waals surface area contributed by atoms with Crippen molar-refractivity contribution in [2.75, 3.05) is 31.1 Å². The second-order valence-corrected chi connectivity index (χ2v) is 5.35. The lowest BCUT2D eigenvalue weighted by Gasteiger charge is -2.36. The maximum Gasteiger partial charge on any atom is 0.272 e. The van der Waals surface area contributed by atoms with Crippen molar-refractivity contribution in [2.24, 2.45) is 0 Å². The van der Waals surface area contributed by atoms with Gasteiger partial charge in [0.2, 0.25) is 0 Å². The summed E-state index contributed by atoms with van der Waals surface area (Å²) < 4.78 is 0. The number of para-hydroxylation sites is 1. The van der Waals surface area contributed by atoms with Crippen molar-refractivity contribution < 1.29 is 4.79 Å². The Bertz CT molecular complexity index is 624. The van der Waals surface area contributed by atoms with Crippen molar-refractivity contribution in [3.63, 3.8) is 0 Å². The molecule has 1 saturated heterocycles. The molecular weight excluding hydrogens is 286 g/mol. The average Bonchev–Trinajstić information content (AvgIpc) is 2.55. The number of piperazine rings is 1. The molecule has 0 unspecified atom stereocenters. The van der Waals surface area contributed by atoms with Gasteiger partial charge in [-0.05, 0) is 24.3 Å². The molecule has 1 aromatic heterocycles. The second kappa shape index (κ2) is 6.14. The Morgan fingerprint density at radius 2 is 1.67 bits per heavy atom. The van der Waals surface area contributed by atoms with Crippen molar-refractivity contribution in [2.45, 2.75) is 0 Å². The molecule has 1 fully saturated rings. The Kier molecular flexibility index (Phi) is 4.06. The van der Waals surface area contributed by atoms with Crippen molar-refractivity contribution >= 4 is 23.2 Å². The molecule has 0 spiro atoms. The highest BCUT2D eigenvalue weighted by molar-refractivity contribution is 6.29.